The summed E-state index contributed by atoms with van der Waals surface area (Å²) in [6, 6.07) is 2.36. The molecule has 2 atom stereocenters. The second kappa shape index (κ2) is 7.58. The Morgan fingerprint density at radius 1 is 1.26 bits per heavy atom. The molecule has 1 fully saturated rings. The fourth-order valence-electron chi connectivity index (χ4n) is 4.09. The third kappa shape index (κ3) is 3.75. The molecule has 4 amide bonds. The molecule has 2 aliphatic heterocycles. The van der Waals surface area contributed by atoms with Crippen LogP contribution in [0, 0.1) is 0 Å². The van der Waals surface area contributed by atoms with E-state index in [1.54, 1.807) is 13.8 Å². The molecular formula is C21H23F3N4O3. The van der Waals surface area contributed by atoms with Crippen LogP contribution in [-0.4, -0.2) is 52.8 Å². The summed E-state index contributed by atoms with van der Waals surface area (Å²) in [6.45, 7) is 3.52. The SMILES string of the molecule is CCN1C(=O)NC(c2ccccc2C(F)(F)F)C2=C1CN(C(C)C(=O)NC1CC1)C2=O. The molecule has 10 heteroatoms. The highest BCUT2D eigenvalue weighted by Gasteiger charge is 2.48. The van der Waals surface area contributed by atoms with Gasteiger partial charge in [0.05, 0.1) is 29.4 Å². The summed E-state index contributed by atoms with van der Waals surface area (Å²) >= 11 is 0. The van der Waals surface area contributed by atoms with Gasteiger partial charge in [0.15, 0.2) is 0 Å². The molecule has 7 nitrogen and oxygen atoms in total. The Kier molecular flexibility index (Phi) is 5.18. The van der Waals surface area contributed by atoms with Crippen molar-refractivity contribution in [1.82, 2.24) is 20.4 Å². The van der Waals surface area contributed by atoms with E-state index in [-0.39, 0.29) is 36.2 Å². The molecule has 1 saturated carbocycles. The number of amides is 4. The smallest absolute Gasteiger partial charge is 0.352 e. The fraction of sp³-hybridized carbons (Fsp3) is 0.476. The van der Waals surface area contributed by atoms with Gasteiger partial charge in [0.2, 0.25) is 5.91 Å². The van der Waals surface area contributed by atoms with Gasteiger partial charge in [-0.2, -0.15) is 13.2 Å². The molecule has 3 aliphatic rings. The van der Waals surface area contributed by atoms with Crippen LogP contribution in [0.5, 0.6) is 0 Å². The first-order valence-corrected chi connectivity index (χ1v) is 10.2. The minimum atomic E-state index is -4.65. The molecule has 2 N–H and O–H groups in total. The first-order chi connectivity index (χ1) is 14.6. The maximum absolute atomic E-state index is 13.6. The lowest BCUT2D eigenvalue weighted by Gasteiger charge is -2.33. The summed E-state index contributed by atoms with van der Waals surface area (Å²) in [4.78, 5) is 41.2. The van der Waals surface area contributed by atoms with E-state index >= 15 is 0 Å². The van der Waals surface area contributed by atoms with Crippen LogP contribution in [0.15, 0.2) is 35.5 Å². The number of alkyl halides is 3. The maximum atomic E-state index is 13.6. The van der Waals surface area contributed by atoms with Crippen LogP contribution < -0.4 is 10.6 Å². The van der Waals surface area contributed by atoms with Gasteiger partial charge in [-0.25, -0.2) is 4.79 Å². The topological polar surface area (TPSA) is 81.8 Å². The van der Waals surface area contributed by atoms with Crippen molar-refractivity contribution < 1.29 is 27.6 Å². The molecule has 0 radical (unpaired) electrons. The zero-order valence-corrected chi connectivity index (χ0v) is 17.1. The molecule has 1 aromatic rings. The molecule has 31 heavy (non-hydrogen) atoms. The largest absolute Gasteiger partial charge is 0.416 e. The normalized spacial score (nSPS) is 22.4. The standard InChI is InChI=1S/C21H23F3N4O3/c1-3-27-15-10-28(11(2)18(29)25-12-8-9-12)19(30)16(15)17(26-20(27)31)13-6-4-5-7-14(13)21(22,23)24/h4-7,11-12,17H,3,8-10H2,1-2H3,(H,25,29)(H,26,31). The van der Waals surface area contributed by atoms with Gasteiger partial charge in [0.1, 0.15) is 6.04 Å². The first kappa shape index (κ1) is 21.2. The minimum Gasteiger partial charge on any atom is -0.352 e. The fourth-order valence-corrected chi connectivity index (χ4v) is 4.09. The van der Waals surface area contributed by atoms with Crippen LogP contribution in [0.3, 0.4) is 0 Å². The summed E-state index contributed by atoms with van der Waals surface area (Å²) in [7, 11) is 0. The van der Waals surface area contributed by atoms with E-state index in [0.29, 0.717) is 5.70 Å². The van der Waals surface area contributed by atoms with Gasteiger partial charge >= 0.3 is 12.2 Å². The Hall–Kier alpha value is -3.04. The lowest BCUT2D eigenvalue weighted by molar-refractivity contribution is -0.138. The van der Waals surface area contributed by atoms with E-state index in [1.165, 1.54) is 28.0 Å². The van der Waals surface area contributed by atoms with Gasteiger partial charge in [0, 0.05) is 12.6 Å². The molecule has 4 rings (SSSR count). The van der Waals surface area contributed by atoms with Crippen LogP contribution >= 0.6 is 0 Å². The predicted molar refractivity (Wildman–Crippen MR) is 104 cm³/mol. The Morgan fingerprint density at radius 3 is 2.55 bits per heavy atom. The minimum absolute atomic E-state index is 0.0145. The van der Waals surface area contributed by atoms with Gasteiger partial charge in [-0.05, 0) is 38.3 Å². The van der Waals surface area contributed by atoms with E-state index in [0.717, 1.165) is 18.9 Å². The van der Waals surface area contributed by atoms with Crippen molar-refractivity contribution in [2.75, 3.05) is 13.1 Å². The molecule has 0 spiro atoms. The van der Waals surface area contributed by atoms with E-state index < -0.39 is 35.8 Å². The van der Waals surface area contributed by atoms with E-state index in [9.17, 15) is 27.6 Å². The zero-order chi connectivity index (χ0) is 22.5. The number of halogens is 3. The highest BCUT2D eigenvalue weighted by molar-refractivity contribution is 6.03. The summed E-state index contributed by atoms with van der Waals surface area (Å²) < 4.78 is 40.9. The molecule has 0 saturated heterocycles. The summed E-state index contributed by atoms with van der Waals surface area (Å²) in [5, 5.41) is 5.40. The third-order valence-electron chi connectivity index (χ3n) is 5.91. The number of rotatable bonds is 5. The quantitative estimate of drug-likeness (QED) is 0.745. The molecule has 1 aromatic carbocycles. The summed E-state index contributed by atoms with van der Waals surface area (Å²) in [6.07, 6.45) is -2.87. The average Bonchev–Trinajstić information content (AvgIpc) is 3.47. The van der Waals surface area contributed by atoms with Gasteiger partial charge in [-0.1, -0.05) is 18.2 Å². The van der Waals surface area contributed by atoms with Crippen LogP contribution in [0.25, 0.3) is 0 Å². The molecule has 166 valence electrons. The number of likely N-dealkylation sites (N-methyl/N-ethyl adjacent to an activating group) is 1. The second-order valence-electron chi connectivity index (χ2n) is 7.96. The van der Waals surface area contributed by atoms with Gasteiger partial charge < -0.3 is 15.5 Å². The number of carbonyl (C=O) groups is 3. The van der Waals surface area contributed by atoms with Crippen LogP contribution in [0.2, 0.25) is 0 Å². The third-order valence-corrected chi connectivity index (χ3v) is 5.91. The number of carbonyl (C=O) groups excluding carboxylic acids is 3. The average molecular weight is 436 g/mol. The van der Waals surface area contributed by atoms with Gasteiger partial charge in [-0.15, -0.1) is 0 Å². The van der Waals surface area contributed by atoms with E-state index in [1.807, 2.05) is 0 Å². The number of benzene rings is 1. The van der Waals surface area contributed by atoms with Crippen LogP contribution in [0.4, 0.5) is 18.0 Å². The second-order valence-corrected chi connectivity index (χ2v) is 7.96. The summed E-state index contributed by atoms with van der Waals surface area (Å²) in [5.74, 6) is -0.862. The van der Waals surface area contributed by atoms with Gasteiger partial charge in [-0.3, -0.25) is 14.5 Å². The molecule has 0 aromatic heterocycles. The Balaban J connectivity index is 1.73. The Morgan fingerprint density at radius 2 is 1.94 bits per heavy atom. The molecule has 1 aliphatic carbocycles. The van der Waals surface area contributed by atoms with Crippen LogP contribution in [-0.2, 0) is 15.8 Å². The Bertz CT molecular complexity index is 971. The maximum Gasteiger partial charge on any atom is 0.416 e. The van der Waals surface area contributed by atoms with Crippen molar-refractivity contribution in [3.05, 3.63) is 46.7 Å². The molecular weight excluding hydrogens is 413 g/mol. The van der Waals surface area contributed by atoms with Crippen molar-refractivity contribution in [1.29, 1.82) is 0 Å². The van der Waals surface area contributed by atoms with Crippen molar-refractivity contribution in [2.45, 2.75) is 51.0 Å². The molecule has 0 bridgehead atoms. The van der Waals surface area contributed by atoms with Crippen molar-refractivity contribution in [3.63, 3.8) is 0 Å². The predicted octanol–water partition coefficient (Wildman–Crippen LogP) is 2.56. The van der Waals surface area contributed by atoms with Crippen molar-refractivity contribution >= 4 is 17.8 Å². The van der Waals surface area contributed by atoms with Crippen LogP contribution in [0.1, 0.15) is 43.9 Å². The van der Waals surface area contributed by atoms with Gasteiger partial charge in [0.25, 0.3) is 5.91 Å². The number of urea groups is 1. The Labute approximate surface area is 177 Å². The molecule has 2 heterocycles. The van der Waals surface area contributed by atoms with E-state index in [2.05, 4.69) is 10.6 Å². The number of hydrogen-bond donors (Lipinski definition) is 2. The zero-order valence-electron chi connectivity index (χ0n) is 17.1. The number of hydrogen-bond acceptors (Lipinski definition) is 3. The number of nitrogens with one attached hydrogen (secondary N) is 2. The van der Waals surface area contributed by atoms with E-state index in [4.69, 9.17) is 0 Å². The lowest BCUT2D eigenvalue weighted by Crippen LogP contribution is -2.47. The first-order valence-electron chi connectivity index (χ1n) is 10.2. The highest BCUT2D eigenvalue weighted by Crippen LogP contribution is 2.41. The summed E-state index contributed by atoms with van der Waals surface area (Å²) in [5.41, 5.74) is -0.701. The number of nitrogens with zero attached hydrogens (tertiary/aromatic N) is 2. The van der Waals surface area contributed by atoms with Crippen molar-refractivity contribution in [3.8, 4) is 0 Å². The molecule has 2 unspecified atom stereocenters. The highest BCUT2D eigenvalue weighted by atomic mass is 19.4. The van der Waals surface area contributed by atoms with Crippen molar-refractivity contribution in [2.24, 2.45) is 0 Å². The lowest BCUT2D eigenvalue weighted by atomic mass is 9.91. The monoisotopic (exact) mass is 436 g/mol.